The van der Waals surface area contributed by atoms with Gasteiger partial charge in [0.15, 0.2) is 5.79 Å². The minimum Gasteiger partial charge on any atom is -0.469 e. The fourth-order valence-electron chi connectivity index (χ4n) is 3.46. The van der Waals surface area contributed by atoms with Crippen molar-refractivity contribution in [3.63, 3.8) is 0 Å². The molecule has 18 heavy (non-hydrogen) atoms. The molecule has 1 heterocycles. The molecule has 3 rings (SSSR count). The molecule has 3 aliphatic rings. The topological polar surface area (TPSA) is 44.8 Å². The maximum absolute atomic E-state index is 12.0. The molecule has 3 fully saturated rings. The molecule has 0 N–H and O–H groups in total. The summed E-state index contributed by atoms with van der Waals surface area (Å²) in [6, 6.07) is 0. The molecule has 1 saturated heterocycles. The molecule has 4 nitrogen and oxygen atoms in total. The smallest absolute Gasteiger partial charge is 0.309 e. The van der Waals surface area contributed by atoms with Crippen molar-refractivity contribution >= 4 is 5.97 Å². The zero-order valence-electron chi connectivity index (χ0n) is 11.0. The Labute approximate surface area is 108 Å². The predicted octanol–water partition coefficient (Wildman–Crippen LogP) is 2.12. The number of ether oxygens (including phenoxy) is 3. The zero-order valence-corrected chi connectivity index (χ0v) is 11.0. The van der Waals surface area contributed by atoms with Gasteiger partial charge in [-0.3, -0.25) is 4.79 Å². The van der Waals surface area contributed by atoms with Gasteiger partial charge in [0.05, 0.1) is 26.2 Å². The van der Waals surface area contributed by atoms with E-state index in [1.807, 2.05) is 0 Å². The number of esters is 1. The Kier molecular flexibility index (Phi) is 3.32. The van der Waals surface area contributed by atoms with E-state index in [1.54, 1.807) is 0 Å². The fourth-order valence-corrected chi connectivity index (χ4v) is 3.46. The maximum Gasteiger partial charge on any atom is 0.309 e. The van der Waals surface area contributed by atoms with Crippen molar-refractivity contribution in [2.75, 3.05) is 20.3 Å². The standard InChI is InChI=1S/C14H22O4/c1-16-13(15)12-9-14(17-6-7-18-14)5-4-11(12)8-10-2-3-10/h10-12H,2-9H2,1H3. The first kappa shape index (κ1) is 12.4. The van der Waals surface area contributed by atoms with E-state index in [0.29, 0.717) is 25.6 Å². The van der Waals surface area contributed by atoms with Crippen LogP contribution < -0.4 is 0 Å². The monoisotopic (exact) mass is 254 g/mol. The Balaban J connectivity index is 1.69. The third kappa shape index (κ3) is 2.41. The Morgan fingerprint density at radius 2 is 2.00 bits per heavy atom. The first-order valence-electron chi connectivity index (χ1n) is 7.08. The average molecular weight is 254 g/mol. The normalized spacial score (nSPS) is 34.7. The van der Waals surface area contributed by atoms with Gasteiger partial charge < -0.3 is 14.2 Å². The van der Waals surface area contributed by atoms with Crippen LogP contribution >= 0.6 is 0 Å². The Morgan fingerprint density at radius 3 is 2.61 bits per heavy atom. The van der Waals surface area contributed by atoms with Gasteiger partial charge in [-0.25, -0.2) is 0 Å². The van der Waals surface area contributed by atoms with Crippen LogP contribution in [0.2, 0.25) is 0 Å². The second kappa shape index (κ2) is 4.82. The van der Waals surface area contributed by atoms with Crippen LogP contribution in [0.3, 0.4) is 0 Å². The van der Waals surface area contributed by atoms with Crippen molar-refractivity contribution < 1.29 is 19.0 Å². The average Bonchev–Trinajstić information content (AvgIpc) is 3.10. The second-order valence-electron chi connectivity index (χ2n) is 5.92. The van der Waals surface area contributed by atoms with Crippen LogP contribution in [0.5, 0.6) is 0 Å². The lowest BCUT2D eigenvalue weighted by molar-refractivity contribution is -0.202. The van der Waals surface area contributed by atoms with Crippen molar-refractivity contribution in [1.29, 1.82) is 0 Å². The molecule has 0 aromatic heterocycles. The number of carbonyl (C=O) groups is 1. The second-order valence-corrected chi connectivity index (χ2v) is 5.92. The van der Waals surface area contributed by atoms with E-state index in [4.69, 9.17) is 14.2 Å². The molecule has 2 aliphatic carbocycles. The Bertz CT molecular complexity index is 318. The van der Waals surface area contributed by atoms with Crippen LogP contribution in [-0.2, 0) is 19.0 Å². The molecule has 2 atom stereocenters. The minimum absolute atomic E-state index is 0.0394. The quantitative estimate of drug-likeness (QED) is 0.724. The van der Waals surface area contributed by atoms with Crippen molar-refractivity contribution in [2.45, 2.75) is 44.3 Å². The van der Waals surface area contributed by atoms with Crippen LogP contribution in [0.25, 0.3) is 0 Å². The van der Waals surface area contributed by atoms with E-state index in [0.717, 1.165) is 18.8 Å². The summed E-state index contributed by atoms with van der Waals surface area (Å²) < 4.78 is 16.5. The highest BCUT2D eigenvalue weighted by Crippen LogP contribution is 2.47. The van der Waals surface area contributed by atoms with Gasteiger partial charge in [0.25, 0.3) is 0 Å². The van der Waals surface area contributed by atoms with Gasteiger partial charge in [-0.05, 0) is 24.7 Å². The van der Waals surface area contributed by atoms with E-state index < -0.39 is 5.79 Å². The summed E-state index contributed by atoms with van der Waals surface area (Å²) in [4.78, 5) is 12.0. The van der Waals surface area contributed by atoms with Gasteiger partial charge in [0.1, 0.15) is 0 Å². The molecular formula is C14H22O4. The van der Waals surface area contributed by atoms with E-state index in [-0.39, 0.29) is 11.9 Å². The van der Waals surface area contributed by atoms with Crippen molar-refractivity contribution in [2.24, 2.45) is 17.8 Å². The number of rotatable bonds is 3. The largest absolute Gasteiger partial charge is 0.469 e. The highest BCUT2D eigenvalue weighted by molar-refractivity contribution is 5.73. The van der Waals surface area contributed by atoms with Crippen molar-refractivity contribution in [1.82, 2.24) is 0 Å². The summed E-state index contributed by atoms with van der Waals surface area (Å²) in [5.74, 6) is 0.699. The predicted molar refractivity (Wildman–Crippen MR) is 64.8 cm³/mol. The molecule has 0 amide bonds. The molecule has 2 unspecified atom stereocenters. The van der Waals surface area contributed by atoms with E-state index in [9.17, 15) is 4.79 Å². The molecule has 102 valence electrons. The van der Waals surface area contributed by atoms with E-state index in [1.165, 1.54) is 26.4 Å². The van der Waals surface area contributed by atoms with Crippen molar-refractivity contribution in [3.8, 4) is 0 Å². The SMILES string of the molecule is COC(=O)C1CC2(CCC1CC1CC1)OCCO2. The number of hydrogen-bond acceptors (Lipinski definition) is 4. The molecular weight excluding hydrogens is 232 g/mol. The van der Waals surface area contributed by atoms with Gasteiger partial charge >= 0.3 is 5.97 Å². The summed E-state index contributed by atoms with van der Waals surface area (Å²) in [5, 5.41) is 0. The summed E-state index contributed by atoms with van der Waals surface area (Å²) in [7, 11) is 1.48. The lowest BCUT2D eigenvalue weighted by Crippen LogP contribution is -2.43. The first-order valence-corrected chi connectivity index (χ1v) is 7.08. The van der Waals surface area contributed by atoms with Crippen molar-refractivity contribution in [3.05, 3.63) is 0 Å². The third-order valence-electron chi connectivity index (χ3n) is 4.65. The molecule has 0 aromatic rings. The molecule has 1 spiro atoms. The molecule has 0 aromatic carbocycles. The number of methoxy groups -OCH3 is 1. The highest BCUT2D eigenvalue weighted by Gasteiger charge is 2.48. The van der Waals surface area contributed by atoms with Gasteiger partial charge in [0, 0.05) is 12.8 Å². The first-order chi connectivity index (χ1) is 8.72. The van der Waals surface area contributed by atoms with E-state index >= 15 is 0 Å². The highest BCUT2D eigenvalue weighted by atomic mass is 16.7. The molecule has 0 bridgehead atoms. The van der Waals surface area contributed by atoms with Gasteiger partial charge in [-0.15, -0.1) is 0 Å². The maximum atomic E-state index is 12.0. The van der Waals surface area contributed by atoms with E-state index in [2.05, 4.69) is 0 Å². The summed E-state index contributed by atoms with van der Waals surface area (Å²) in [6.07, 6.45) is 6.48. The number of hydrogen-bond donors (Lipinski definition) is 0. The lowest BCUT2D eigenvalue weighted by Gasteiger charge is -2.39. The van der Waals surface area contributed by atoms with Crippen LogP contribution in [0, 0.1) is 17.8 Å². The summed E-state index contributed by atoms with van der Waals surface area (Å²) >= 11 is 0. The minimum atomic E-state index is -0.487. The van der Waals surface area contributed by atoms with Gasteiger partial charge in [-0.2, -0.15) is 0 Å². The van der Waals surface area contributed by atoms with Crippen LogP contribution in [-0.4, -0.2) is 32.1 Å². The summed E-state index contributed by atoms with van der Waals surface area (Å²) in [6.45, 7) is 1.31. The van der Waals surface area contributed by atoms with Crippen LogP contribution in [0.1, 0.15) is 38.5 Å². The third-order valence-corrected chi connectivity index (χ3v) is 4.65. The van der Waals surface area contributed by atoms with Gasteiger partial charge in [0.2, 0.25) is 0 Å². The lowest BCUT2D eigenvalue weighted by atomic mass is 9.74. The number of carbonyl (C=O) groups excluding carboxylic acids is 1. The van der Waals surface area contributed by atoms with Gasteiger partial charge in [-0.1, -0.05) is 12.8 Å². The molecule has 1 aliphatic heterocycles. The summed E-state index contributed by atoms with van der Waals surface area (Å²) in [5.41, 5.74) is 0. The zero-order chi connectivity index (χ0) is 12.6. The molecule has 4 heteroatoms. The van der Waals surface area contributed by atoms with Crippen LogP contribution in [0.4, 0.5) is 0 Å². The molecule has 0 radical (unpaired) electrons. The Morgan fingerprint density at radius 1 is 1.28 bits per heavy atom. The molecule has 2 saturated carbocycles. The van der Waals surface area contributed by atoms with Crippen LogP contribution in [0.15, 0.2) is 0 Å². The fraction of sp³-hybridized carbons (Fsp3) is 0.929. The Hall–Kier alpha value is -0.610.